The van der Waals surface area contributed by atoms with E-state index in [-0.39, 0.29) is 11.4 Å². The number of fused-ring (bicyclic) bond motifs is 2. The van der Waals surface area contributed by atoms with Gasteiger partial charge in [-0.25, -0.2) is 16.8 Å². The summed E-state index contributed by atoms with van der Waals surface area (Å²) in [5, 5.41) is 1.31. The Labute approximate surface area is 414 Å². The van der Waals surface area contributed by atoms with Crippen molar-refractivity contribution in [3.05, 3.63) is 150 Å². The molecule has 6 aromatic carbocycles. The average molecular weight is 1050 g/mol. The van der Waals surface area contributed by atoms with Crippen LogP contribution < -0.4 is 42.6 Å². The maximum absolute atomic E-state index is 13.3. The first kappa shape index (κ1) is 52.6. The van der Waals surface area contributed by atoms with E-state index in [1.807, 2.05) is 0 Å². The van der Waals surface area contributed by atoms with Gasteiger partial charge >= 0.3 is 12.5 Å². The molecule has 0 spiro atoms. The number of methoxy groups -OCH3 is 4. The maximum Gasteiger partial charge on any atom is 0.573 e. The van der Waals surface area contributed by atoms with Crippen molar-refractivity contribution in [3.8, 4) is 51.7 Å². The fourth-order valence-electron chi connectivity index (χ4n) is 7.20. The van der Waals surface area contributed by atoms with Crippen LogP contribution in [0.1, 0.15) is 16.7 Å². The number of rotatable bonds is 15. The highest BCUT2D eigenvalue weighted by molar-refractivity contribution is 7.93. The summed E-state index contributed by atoms with van der Waals surface area (Å²) in [6.45, 7) is 3.38. The Hall–Kier alpha value is -8.18. The predicted octanol–water partition coefficient (Wildman–Crippen LogP) is 12.2. The Morgan fingerprint density at radius 2 is 0.863 bits per heavy atom. The van der Waals surface area contributed by atoms with Crippen molar-refractivity contribution in [3.63, 3.8) is 0 Å². The fraction of sp³-hybridized carbons (Fsp3) is 0.160. The van der Waals surface area contributed by atoms with Gasteiger partial charge in [-0.2, -0.15) is 13.2 Å². The third kappa shape index (κ3) is 12.3. The van der Waals surface area contributed by atoms with E-state index in [0.29, 0.717) is 78.9 Å². The molecule has 73 heavy (non-hydrogen) atoms. The number of anilines is 2. The third-order valence-corrected chi connectivity index (χ3v) is 13.4. The zero-order valence-corrected chi connectivity index (χ0v) is 40.8. The SMILES string of the molecule is COc1cc2nccc(Oc3ccc(NS(=O)(=O)c4ccccc4C(F)(F)F)cc3C)c2cc1OC.COc1cc2nccc(Oc3ccc(NS(=O)(=O)c4ccccc4OC(F)(F)F)cc3C)c2cc1OC. The second kappa shape index (κ2) is 21.3. The molecule has 0 unspecified atom stereocenters. The minimum Gasteiger partial charge on any atom is -0.493 e. The molecule has 0 aliphatic heterocycles. The van der Waals surface area contributed by atoms with Crippen LogP contribution in [-0.4, -0.2) is 61.6 Å². The van der Waals surface area contributed by atoms with E-state index in [9.17, 15) is 43.2 Å². The van der Waals surface area contributed by atoms with Crippen LogP contribution in [0.15, 0.2) is 144 Å². The van der Waals surface area contributed by atoms with Crippen molar-refractivity contribution < 1.29 is 76.3 Å². The lowest BCUT2D eigenvalue weighted by atomic mass is 10.1. The molecule has 0 aliphatic rings. The van der Waals surface area contributed by atoms with Crippen LogP contribution in [0.3, 0.4) is 0 Å². The number of aryl methyl sites for hydroxylation is 2. The van der Waals surface area contributed by atoms with Crippen molar-refractivity contribution in [2.24, 2.45) is 0 Å². The molecule has 0 saturated heterocycles. The van der Waals surface area contributed by atoms with Crippen LogP contribution in [0.5, 0.6) is 51.7 Å². The predicted molar refractivity (Wildman–Crippen MR) is 258 cm³/mol. The van der Waals surface area contributed by atoms with Crippen LogP contribution in [-0.2, 0) is 26.2 Å². The smallest absolute Gasteiger partial charge is 0.493 e. The van der Waals surface area contributed by atoms with E-state index < -0.39 is 53.7 Å². The summed E-state index contributed by atoms with van der Waals surface area (Å²) in [6, 6.07) is 27.6. The number of aromatic nitrogens is 2. The lowest BCUT2D eigenvalue weighted by Crippen LogP contribution is -2.20. The second-order valence-electron chi connectivity index (χ2n) is 15.4. The molecule has 23 heteroatoms. The molecule has 2 N–H and O–H groups in total. The molecule has 0 aliphatic carbocycles. The highest BCUT2D eigenvalue weighted by atomic mass is 32.2. The first-order valence-corrected chi connectivity index (χ1v) is 24.2. The molecule has 8 aromatic rings. The summed E-state index contributed by atoms with van der Waals surface area (Å²) in [7, 11) is -2.84. The van der Waals surface area contributed by atoms with Crippen molar-refractivity contribution in [2.45, 2.75) is 36.2 Å². The summed E-state index contributed by atoms with van der Waals surface area (Å²) in [6.07, 6.45) is -6.73. The number of sulfonamides is 2. The minimum absolute atomic E-state index is 0.0859. The number of nitrogens with one attached hydrogen (secondary N) is 2. The monoisotopic (exact) mass is 1050 g/mol. The summed E-state index contributed by atoms with van der Waals surface area (Å²) in [5.41, 5.74) is 1.29. The Morgan fingerprint density at radius 3 is 1.29 bits per heavy atom. The van der Waals surface area contributed by atoms with Gasteiger partial charge in [0, 0.05) is 46.7 Å². The normalized spacial score (nSPS) is 11.8. The Bertz CT molecular complexity index is 3560. The van der Waals surface area contributed by atoms with Gasteiger partial charge in [-0.3, -0.25) is 19.4 Å². The third-order valence-electron chi connectivity index (χ3n) is 10.6. The van der Waals surface area contributed by atoms with Crippen molar-refractivity contribution >= 4 is 53.2 Å². The van der Waals surface area contributed by atoms with Crippen molar-refractivity contribution in [2.75, 3.05) is 37.9 Å². The Morgan fingerprint density at radius 1 is 0.452 bits per heavy atom. The highest BCUT2D eigenvalue weighted by Crippen LogP contribution is 2.41. The Kier molecular flexibility index (Phi) is 15.3. The summed E-state index contributed by atoms with van der Waals surface area (Å²) >= 11 is 0. The van der Waals surface area contributed by atoms with Gasteiger partial charge in [-0.15, -0.1) is 13.2 Å². The number of para-hydroxylation sites is 1. The van der Waals surface area contributed by atoms with Gasteiger partial charge in [0.05, 0.1) is 49.9 Å². The van der Waals surface area contributed by atoms with E-state index >= 15 is 0 Å². The zero-order chi connectivity index (χ0) is 52.9. The van der Waals surface area contributed by atoms with E-state index in [4.69, 9.17) is 28.4 Å². The molecule has 2 heterocycles. The molecule has 0 amide bonds. The van der Waals surface area contributed by atoms with E-state index in [1.165, 1.54) is 77.0 Å². The molecule has 0 radical (unpaired) electrons. The van der Waals surface area contributed by atoms with Gasteiger partial charge in [0.15, 0.2) is 23.0 Å². The molecule has 0 atom stereocenters. The molecule has 382 valence electrons. The topological polar surface area (TPSA) is 183 Å². The first-order chi connectivity index (χ1) is 34.5. The molecule has 0 bridgehead atoms. The lowest BCUT2D eigenvalue weighted by Gasteiger charge is -2.16. The Balaban J connectivity index is 0.000000214. The largest absolute Gasteiger partial charge is 0.573 e. The molecular weight excluding hydrogens is 1010 g/mol. The van der Waals surface area contributed by atoms with Crippen LogP contribution in [0.25, 0.3) is 21.8 Å². The van der Waals surface area contributed by atoms with Gasteiger partial charge in [0.2, 0.25) is 0 Å². The molecule has 0 saturated carbocycles. The molecule has 15 nitrogen and oxygen atoms in total. The molecular formula is C50H42F6N4O11S2. The van der Waals surface area contributed by atoms with Gasteiger partial charge in [0.1, 0.15) is 33.6 Å². The van der Waals surface area contributed by atoms with Gasteiger partial charge in [0.25, 0.3) is 20.0 Å². The van der Waals surface area contributed by atoms with Gasteiger partial charge in [-0.1, -0.05) is 24.3 Å². The number of hydrogen-bond donors (Lipinski definition) is 2. The quantitative estimate of drug-likeness (QED) is 0.0926. The second-order valence-corrected chi connectivity index (χ2v) is 18.7. The van der Waals surface area contributed by atoms with Crippen LogP contribution >= 0.6 is 0 Å². The summed E-state index contributed by atoms with van der Waals surface area (Å²) < 4.78 is 171. The van der Waals surface area contributed by atoms with Crippen LogP contribution in [0.4, 0.5) is 37.7 Å². The summed E-state index contributed by atoms with van der Waals surface area (Å²) in [4.78, 5) is 7.14. The standard InChI is InChI=1S/C25H21F3N2O6S.C25H21F3N2O5S/c1-15-12-16(30-37(31,32)24-7-5-4-6-21(24)36-25(26,27)28)8-9-19(15)35-20-10-11-29-18-14-23(34-3)22(33-2)13-17(18)20;1-15-12-16(30-36(31,32)24-7-5-4-6-18(24)25(26,27)28)8-9-20(15)35-21-10-11-29-19-14-23(34-3)22(33-2)13-17(19)21/h4-14,30H,1-3H3;4-14,30H,1-3H3. The lowest BCUT2D eigenvalue weighted by molar-refractivity contribution is -0.275. The number of benzene rings is 6. The highest BCUT2D eigenvalue weighted by Gasteiger charge is 2.37. The number of hydrogen-bond acceptors (Lipinski definition) is 13. The number of alkyl halides is 6. The molecule has 0 fully saturated rings. The summed E-state index contributed by atoms with van der Waals surface area (Å²) in [5.74, 6) is 2.94. The van der Waals surface area contributed by atoms with Gasteiger partial charge in [-0.05, 0) is 110 Å². The van der Waals surface area contributed by atoms with Crippen molar-refractivity contribution in [1.29, 1.82) is 0 Å². The average Bonchev–Trinajstić information content (AvgIpc) is 3.34. The van der Waals surface area contributed by atoms with E-state index in [0.717, 1.165) is 30.3 Å². The molecule has 2 aromatic heterocycles. The molecule has 8 rings (SSSR count). The maximum atomic E-state index is 13.3. The van der Waals surface area contributed by atoms with Crippen LogP contribution in [0, 0.1) is 13.8 Å². The fourth-order valence-corrected chi connectivity index (χ4v) is 9.66. The van der Waals surface area contributed by atoms with Crippen molar-refractivity contribution in [1.82, 2.24) is 9.97 Å². The number of halogens is 6. The first-order valence-electron chi connectivity index (χ1n) is 21.2. The van der Waals surface area contributed by atoms with E-state index in [2.05, 4.69) is 24.1 Å². The number of nitrogens with zero attached hydrogens (tertiary/aromatic N) is 2. The van der Waals surface area contributed by atoms with Crippen LogP contribution in [0.2, 0.25) is 0 Å². The minimum atomic E-state index is -5.05. The van der Waals surface area contributed by atoms with Gasteiger partial charge < -0.3 is 33.2 Å². The number of pyridine rings is 2. The zero-order valence-electron chi connectivity index (χ0n) is 39.2. The number of ether oxygens (including phenoxy) is 7. The van der Waals surface area contributed by atoms with E-state index in [1.54, 1.807) is 68.7 Å².